The van der Waals surface area contributed by atoms with Crippen molar-refractivity contribution < 1.29 is 9.84 Å². The standard InChI is InChI=1S/C14H22N2O2/c1-11-4-12(6-15-5-11)7-16-8-13(9-17)18-14(2,3)10-16/h4-6,13,17H,7-10H2,1-3H3. The summed E-state index contributed by atoms with van der Waals surface area (Å²) in [7, 11) is 0. The second-order valence-electron chi connectivity index (χ2n) is 5.72. The maximum atomic E-state index is 9.29. The highest BCUT2D eigenvalue weighted by atomic mass is 16.5. The molecular weight excluding hydrogens is 228 g/mol. The van der Waals surface area contributed by atoms with Crippen LogP contribution in [0, 0.1) is 6.92 Å². The summed E-state index contributed by atoms with van der Waals surface area (Å²) in [5.41, 5.74) is 2.19. The number of hydrogen-bond donors (Lipinski definition) is 1. The topological polar surface area (TPSA) is 45.6 Å². The van der Waals surface area contributed by atoms with Gasteiger partial charge in [0.2, 0.25) is 0 Å². The summed E-state index contributed by atoms with van der Waals surface area (Å²) < 4.78 is 5.81. The second-order valence-corrected chi connectivity index (χ2v) is 5.72. The van der Waals surface area contributed by atoms with Gasteiger partial charge in [-0.25, -0.2) is 0 Å². The number of pyridine rings is 1. The molecule has 0 aromatic carbocycles. The number of hydrogen-bond acceptors (Lipinski definition) is 4. The number of nitrogens with zero attached hydrogens (tertiary/aromatic N) is 2. The highest BCUT2D eigenvalue weighted by Crippen LogP contribution is 2.22. The lowest BCUT2D eigenvalue weighted by atomic mass is 10.0. The summed E-state index contributed by atoms with van der Waals surface area (Å²) in [5.74, 6) is 0. The molecule has 18 heavy (non-hydrogen) atoms. The molecule has 100 valence electrons. The largest absolute Gasteiger partial charge is 0.394 e. The van der Waals surface area contributed by atoms with E-state index in [0.29, 0.717) is 0 Å². The third-order valence-electron chi connectivity index (χ3n) is 3.09. The Bertz CT molecular complexity index is 407. The number of ether oxygens (including phenoxy) is 1. The zero-order valence-corrected chi connectivity index (χ0v) is 11.4. The fourth-order valence-electron chi connectivity index (χ4n) is 2.59. The Hall–Kier alpha value is -0.970. The van der Waals surface area contributed by atoms with Crippen molar-refractivity contribution in [1.29, 1.82) is 0 Å². The van der Waals surface area contributed by atoms with Gasteiger partial charge in [-0.1, -0.05) is 6.07 Å². The molecular formula is C14H22N2O2. The van der Waals surface area contributed by atoms with E-state index in [1.165, 1.54) is 11.1 Å². The fraction of sp³-hybridized carbons (Fsp3) is 0.643. The Morgan fingerprint density at radius 2 is 2.28 bits per heavy atom. The van der Waals surface area contributed by atoms with Gasteiger partial charge in [0.05, 0.1) is 18.3 Å². The van der Waals surface area contributed by atoms with Gasteiger partial charge < -0.3 is 9.84 Å². The average Bonchev–Trinajstić information content (AvgIpc) is 2.26. The highest BCUT2D eigenvalue weighted by Gasteiger charge is 2.32. The number of rotatable bonds is 3. The lowest BCUT2D eigenvalue weighted by Crippen LogP contribution is -2.53. The first-order valence-corrected chi connectivity index (χ1v) is 6.40. The molecule has 0 spiro atoms. The van der Waals surface area contributed by atoms with Crippen molar-refractivity contribution in [3.63, 3.8) is 0 Å². The van der Waals surface area contributed by atoms with E-state index in [-0.39, 0.29) is 18.3 Å². The van der Waals surface area contributed by atoms with Crippen molar-refractivity contribution >= 4 is 0 Å². The zero-order chi connectivity index (χ0) is 13.2. The molecule has 2 heterocycles. The van der Waals surface area contributed by atoms with Crippen LogP contribution in [0.15, 0.2) is 18.5 Å². The van der Waals surface area contributed by atoms with Gasteiger partial charge >= 0.3 is 0 Å². The maximum absolute atomic E-state index is 9.29. The summed E-state index contributed by atoms with van der Waals surface area (Å²) in [6.07, 6.45) is 3.68. The smallest absolute Gasteiger partial charge is 0.0940 e. The molecule has 1 aliphatic heterocycles. The van der Waals surface area contributed by atoms with Gasteiger partial charge in [0.15, 0.2) is 0 Å². The van der Waals surface area contributed by atoms with E-state index < -0.39 is 0 Å². The summed E-state index contributed by atoms with van der Waals surface area (Å²) in [5, 5.41) is 9.29. The van der Waals surface area contributed by atoms with Gasteiger partial charge in [-0.3, -0.25) is 9.88 Å². The summed E-state index contributed by atoms with van der Waals surface area (Å²) in [4.78, 5) is 6.54. The Morgan fingerprint density at radius 1 is 1.50 bits per heavy atom. The number of aliphatic hydroxyl groups is 1. The molecule has 1 aromatic rings. The average molecular weight is 250 g/mol. The van der Waals surface area contributed by atoms with E-state index in [1.54, 1.807) is 0 Å². The van der Waals surface area contributed by atoms with E-state index in [1.807, 2.05) is 12.4 Å². The Kier molecular flexibility index (Phi) is 4.00. The van der Waals surface area contributed by atoms with Crippen LogP contribution in [0.3, 0.4) is 0 Å². The van der Waals surface area contributed by atoms with Gasteiger partial charge in [0, 0.05) is 32.0 Å². The fourth-order valence-corrected chi connectivity index (χ4v) is 2.59. The highest BCUT2D eigenvalue weighted by molar-refractivity contribution is 5.16. The van der Waals surface area contributed by atoms with E-state index in [4.69, 9.17) is 4.74 Å². The Balaban J connectivity index is 2.04. The summed E-state index contributed by atoms with van der Waals surface area (Å²) in [6.45, 7) is 8.76. The van der Waals surface area contributed by atoms with Crippen LogP contribution in [-0.2, 0) is 11.3 Å². The van der Waals surface area contributed by atoms with Crippen LogP contribution in [0.5, 0.6) is 0 Å². The van der Waals surface area contributed by atoms with Gasteiger partial charge in [0.25, 0.3) is 0 Å². The molecule has 0 bridgehead atoms. The molecule has 4 heteroatoms. The Morgan fingerprint density at radius 3 is 2.94 bits per heavy atom. The molecule has 2 rings (SSSR count). The summed E-state index contributed by atoms with van der Waals surface area (Å²) in [6, 6.07) is 2.16. The molecule has 1 unspecified atom stereocenters. The predicted molar refractivity (Wildman–Crippen MR) is 70.3 cm³/mol. The van der Waals surface area contributed by atoms with Crippen LogP contribution >= 0.6 is 0 Å². The first-order valence-electron chi connectivity index (χ1n) is 6.40. The van der Waals surface area contributed by atoms with E-state index >= 15 is 0 Å². The molecule has 0 aliphatic carbocycles. The van der Waals surface area contributed by atoms with Crippen molar-refractivity contribution in [1.82, 2.24) is 9.88 Å². The third-order valence-corrected chi connectivity index (χ3v) is 3.09. The lowest BCUT2D eigenvalue weighted by molar-refractivity contribution is -0.150. The minimum absolute atomic E-state index is 0.0754. The van der Waals surface area contributed by atoms with Crippen molar-refractivity contribution in [2.24, 2.45) is 0 Å². The predicted octanol–water partition coefficient (Wildman–Crippen LogP) is 1.36. The van der Waals surface area contributed by atoms with Gasteiger partial charge in [-0.2, -0.15) is 0 Å². The van der Waals surface area contributed by atoms with Crippen molar-refractivity contribution in [2.45, 2.75) is 39.0 Å². The molecule has 1 saturated heterocycles. The van der Waals surface area contributed by atoms with Crippen LogP contribution in [0.2, 0.25) is 0 Å². The van der Waals surface area contributed by atoms with Crippen LogP contribution in [0.1, 0.15) is 25.0 Å². The molecule has 1 fully saturated rings. The van der Waals surface area contributed by atoms with Crippen molar-refractivity contribution in [3.8, 4) is 0 Å². The Labute approximate surface area is 109 Å². The molecule has 0 radical (unpaired) electrons. The maximum Gasteiger partial charge on any atom is 0.0940 e. The molecule has 1 N–H and O–H groups in total. The minimum atomic E-state index is -0.205. The lowest BCUT2D eigenvalue weighted by Gasteiger charge is -2.42. The van der Waals surface area contributed by atoms with E-state index in [9.17, 15) is 5.11 Å². The monoisotopic (exact) mass is 250 g/mol. The normalized spacial score (nSPS) is 24.1. The van der Waals surface area contributed by atoms with Gasteiger partial charge in [-0.05, 0) is 31.9 Å². The van der Waals surface area contributed by atoms with Crippen LogP contribution in [0.4, 0.5) is 0 Å². The molecule has 4 nitrogen and oxygen atoms in total. The van der Waals surface area contributed by atoms with E-state index in [2.05, 4.69) is 36.7 Å². The van der Waals surface area contributed by atoms with E-state index in [0.717, 1.165) is 19.6 Å². The minimum Gasteiger partial charge on any atom is -0.394 e. The molecule has 0 amide bonds. The van der Waals surface area contributed by atoms with Crippen LogP contribution < -0.4 is 0 Å². The van der Waals surface area contributed by atoms with Crippen molar-refractivity contribution in [3.05, 3.63) is 29.6 Å². The first-order chi connectivity index (χ1) is 8.48. The van der Waals surface area contributed by atoms with Crippen LogP contribution in [-0.4, -0.2) is 46.4 Å². The molecule has 1 aliphatic rings. The number of aryl methyl sites for hydroxylation is 1. The number of aromatic nitrogens is 1. The van der Waals surface area contributed by atoms with Gasteiger partial charge in [-0.15, -0.1) is 0 Å². The van der Waals surface area contributed by atoms with Gasteiger partial charge in [0.1, 0.15) is 0 Å². The molecule has 1 atom stereocenters. The molecule has 1 aromatic heterocycles. The zero-order valence-electron chi connectivity index (χ0n) is 11.4. The number of aliphatic hydroxyl groups excluding tert-OH is 1. The SMILES string of the molecule is Cc1cncc(CN2CC(CO)OC(C)(C)C2)c1. The number of morpholine rings is 1. The second kappa shape index (κ2) is 5.34. The summed E-state index contributed by atoms with van der Waals surface area (Å²) >= 11 is 0. The van der Waals surface area contributed by atoms with Crippen molar-refractivity contribution in [2.75, 3.05) is 19.7 Å². The van der Waals surface area contributed by atoms with Crippen LogP contribution in [0.25, 0.3) is 0 Å². The third kappa shape index (κ3) is 3.51. The first kappa shape index (κ1) is 13.5. The molecule has 0 saturated carbocycles. The quantitative estimate of drug-likeness (QED) is 0.880.